The minimum atomic E-state index is -0.873. The van der Waals surface area contributed by atoms with Crippen LogP contribution in [0.15, 0.2) is 9.59 Å². The maximum atomic E-state index is 12.1. The second-order valence-corrected chi connectivity index (χ2v) is 4.52. The molecule has 2 aromatic heterocycles. The number of nitrogens with zero attached hydrogens (tertiary/aromatic N) is 3. The van der Waals surface area contributed by atoms with E-state index < -0.39 is 17.2 Å². The lowest BCUT2D eigenvalue weighted by Gasteiger charge is -2.03. The van der Waals surface area contributed by atoms with Crippen molar-refractivity contribution in [3.05, 3.63) is 26.7 Å². The predicted molar refractivity (Wildman–Crippen MR) is 71.8 cm³/mol. The van der Waals surface area contributed by atoms with Crippen molar-refractivity contribution < 1.29 is 9.90 Å². The summed E-state index contributed by atoms with van der Waals surface area (Å²) < 4.78 is 2.44. The maximum absolute atomic E-state index is 12.1. The first-order valence-electron chi connectivity index (χ1n) is 6.36. The molecule has 8 heteroatoms. The van der Waals surface area contributed by atoms with Crippen molar-refractivity contribution in [1.29, 1.82) is 0 Å². The van der Waals surface area contributed by atoms with E-state index in [1.165, 1.54) is 4.57 Å². The Morgan fingerprint density at radius 3 is 2.70 bits per heavy atom. The number of aliphatic carboxylic acids is 1. The highest BCUT2D eigenvalue weighted by Crippen LogP contribution is 2.07. The van der Waals surface area contributed by atoms with E-state index in [0.29, 0.717) is 24.3 Å². The number of carboxylic acid groups (broad SMARTS) is 1. The highest BCUT2D eigenvalue weighted by molar-refractivity contribution is 5.69. The zero-order chi connectivity index (χ0) is 14.9. The van der Waals surface area contributed by atoms with Crippen molar-refractivity contribution in [2.75, 3.05) is 0 Å². The average molecular weight is 280 g/mol. The molecule has 108 valence electrons. The van der Waals surface area contributed by atoms with Crippen molar-refractivity contribution >= 4 is 17.1 Å². The molecule has 8 nitrogen and oxygen atoms in total. The SMILES string of the molecule is CCn1c(=O)c2[nH]c(CCCC(=O)O)nc2n(C)c1=O. The van der Waals surface area contributed by atoms with E-state index in [-0.39, 0.29) is 18.5 Å². The molecule has 0 saturated carbocycles. The van der Waals surface area contributed by atoms with Gasteiger partial charge in [-0.15, -0.1) is 0 Å². The Hall–Kier alpha value is -2.38. The Kier molecular flexibility index (Phi) is 3.73. The fourth-order valence-electron chi connectivity index (χ4n) is 2.10. The lowest BCUT2D eigenvalue weighted by molar-refractivity contribution is -0.137. The summed E-state index contributed by atoms with van der Waals surface area (Å²) in [5, 5.41) is 8.59. The molecule has 0 aliphatic rings. The second kappa shape index (κ2) is 5.32. The van der Waals surface area contributed by atoms with Crippen molar-refractivity contribution in [1.82, 2.24) is 19.1 Å². The summed E-state index contributed by atoms with van der Waals surface area (Å²) in [5.41, 5.74) is -0.231. The number of imidazole rings is 1. The van der Waals surface area contributed by atoms with Gasteiger partial charge in [0.2, 0.25) is 0 Å². The monoisotopic (exact) mass is 280 g/mol. The molecule has 0 spiro atoms. The summed E-state index contributed by atoms with van der Waals surface area (Å²) in [7, 11) is 1.55. The zero-order valence-corrected chi connectivity index (χ0v) is 11.3. The average Bonchev–Trinajstić information content (AvgIpc) is 2.81. The molecule has 0 bridgehead atoms. The lowest BCUT2D eigenvalue weighted by Crippen LogP contribution is -2.38. The summed E-state index contributed by atoms with van der Waals surface area (Å²) in [5.74, 6) is -0.357. The molecule has 0 fully saturated rings. The summed E-state index contributed by atoms with van der Waals surface area (Å²) in [6, 6.07) is 0. The number of aromatic nitrogens is 4. The lowest BCUT2D eigenvalue weighted by atomic mass is 10.2. The second-order valence-electron chi connectivity index (χ2n) is 4.52. The first-order chi connectivity index (χ1) is 9.45. The third-order valence-corrected chi connectivity index (χ3v) is 3.15. The molecule has 0 aromatic carbocycles. The topological polar surface area (TPSA) is 110 Å². The summed E-state index contributed by atoms with van der Waals surface area (Å²) in [6.45, 7) is 2.01. The zero-order valence-electron chi connectivity index (χ0n) is 11.3. The van der Waals surface area contributed by atoms with Crippen LogP contribution in [0.25, 0.3) is 11.2 Å². The molecule has 0 aliphatic carbocycles. The number of hydrogen-bond donors (Lipinski definition) is 2. The van der Waals surface area contributed by atoms with Gasteiger partial charge in [-0.1, -0.05) is 0 Å². The molecule has 2 aromatic rings. The van der Waals surface area contributed by atoms with Crippen LogP contribution in [0.4, 0.5) is 0 Å². The van der Waals surface area contributed by atoms with Crippen molar-refractivity contribution in [3.8, 4) is 0 Å². The Balaban J connectivity index is 2.46. The fraction of sp³-hybridized carbons (Fsp3) is 0.500. The van der Waals surface area contributed by atoms with Crippen LogP contribution in [0, 0.1) is 0 Å². The van der Waals surface area contributed by atoms with E-state index >= 15 is 0 Å². The van der Waals surface area contributed by atoms with E-state index in [0.717, 1.165) is 4.57 Å². The van der Waals surface area contributed by atoms with Gasteiger partial charge in [0, 0.05) is 26.4 Å². The van der Waals surface area contributed by atoms with Gasteiger partial charge in [-0.2, -0.15) is 0 Å². The number of carbonyl (C=O) groups is 1. The minimum Gasteiger partial charge on any atom is -0.481 e. The maximum Gasteiger partial charge on any atom is 0.332 e. The van der Waals surface area contributed by atoms with Crippen LogP contribution in [0.5, 0.6) is 0 Å². The molecule has 2 heterocycles. The first kappa shape index (κ1) is 14.0. The van der Waals surface area contributed by atoms with Crippen molar-refractivity contribution in [2.24, 2.45) is 7.05 Å². The molecule has 2 rings (SSSR count). The number of fused-ring (bicyclic) bond motifs is 1. The molecular weight excluding hydrogens is 264 g/mol. The predicted octanol–water partition coefficient (Wildman–Crippen LogP) is -0.150. The molecule has 0 aliphatic heterocycles. The van der Waals surface area contributed by atoms with Gasteiger partial charge in [-0.3, -0.25) is 18.7 Å². The van der Waals surface area contributed by atoms with Gasteiger partial charge >= 0.3 is 11.7 Å². The van der Waals surface area contributed by atoms with Gasteiger partial charge in [0.25, 0.3) is 5.56 Å². The minimum absolute atomic E-state index is 0.0369. The third-order valence-electron chi connectivity index (χ3n) is 3.15. The Labute approximate surface area is 113 Å². The summed E-state index contributed by atoms with van der Waals surface area (Å²) >= 11 is 0. The van der Waals surface area contributed by atoms with Gasteiger partial charge in [0.1, 0.15) is 11.3 Å². The van der Waals surface area contributed by atoms with Crippen LogP contribution in [0.2, 0.25) is 0 Å². The van der Waals surface area contributed by atoms with Gasteiger partial charge in [-0.05, 0) is 13.3 Å². The number of hydrogen-bond acceptors (Lipinski definition) is 4. The number of H-pyrrole nitrogens is 1. The van der Waals surface area contributed by atoms with Crippen LogP contribution in [-0.2, 0) is 24.8 Å². The molecule has 2 N–H and O–H groups in total. The summed E-state index contributed by atoms with van der Waals surface area (Å²) in [4.78, 5) is 41.6. The van der Waals surface area contributed by atoms with Crippen LogP contribution >= 0.6 is 0 Å². The van der Waals surface area contributed by atoms with Crippen LogP contribution in [0.3, 0.4) is 0 Å². The van der Waals surface area contributed by atoms with Crippen LogP contribution in [0.1, 0.15) is 25.6 Å². The third kappa shape index (κ3) is 2.36. The molecular formula is C12H16N4O4. The molecule has 20 heavy (non-hydrogen) atoms. The number of carboxylic acids is 1. The van der Waals surface area contributed by atoms with Crippen LogP contribution in [-0.4, -0.2) is 30.2 Å². The Morgan fingerprint density at radius 2 is 2.10 bits per heavy atom. The fourth-order valence-corrected chi connectivity index (χ4v) is 2.10. The van der Waals surface area contributed by atoms with Gasteiger partial charge in [0.05, 0.1) is 0 Å². The van der Waals surface area contributed by atoms with E-state index in [1.54, 1.807) is 14.0 Å². The summed E-state index contributed by atoms with van der Waals surface area (Å²) in [6.07, 6.45) is 0.876. The number of rotatable bonds is 5. The standard InChI is InChI=1S/C12H16N4O4/c1-3-16-11(19)9-10(15(2)12(16)20)14-7(13-9)5-4-6-8(17)18/h3-6H2,1-2H3,(H,13,14)(H,17,18). The van der Waals surface area contributed by atoms with Gasteiger partial charge in [-0.25, -0.2) is 9.78 Å². The first-order valence-corrected chi connectivity index (χ1v) is 6.36. The van der Waals surface area contributed by atoms with Gasteiger partial charge in [0.15, 0.2) is 5.65 Å². The highest BCUT2D eigenvalue weighted by atomic mass is 16.4. The molecule has 0 unspecified atom stereocenters. The molecule has 0 saturated heterocycles. The van der Waals surface area contributed by atoms with Crippen molar-refractivity contribution in [2.45, 2.75) is 32.7 Å². The number of aromatic amines is 1. The highest BCUT2D eigenvalue weighted by Gasteiger charge is 2.14. The van der Waals surface area contributed by atoms with E-state index in [9.17, 15) is 14.4 Å². The van der Waals surface area contributed by atoms with E-state index in [4.69, 9.17) is 5.11 Å². The van der Waals surface area contributed by atoms with Gasteiger partial charge < -0.3 is 10.1 Å². The van der Waals surface area contributed by atoms with Crippen LogP contribution < -0.4 is 11.2 Å². The largest absolute Gasteiger partial charge is 0.481 e. The van der Waals surface area contributed by atoms with Crippen molar-refractivity contribution in [3.63, 3.8) is 0 Å². The Bertz CT molecular complexity index is 768. The smallest absolute Gasteiger partial charge is 0.332 e. The normalized spacial score (nSPS) is 11.1. The number of nitrogens with one attached hydrogen (secondary N) is 1. The molecule has 0 atom stereocenters. The Morgan fingerprint density at radius 1 is 1.40 bits per heavy atom. The van der Waals surface area contributed by atoms with E-state index in [2.05, 4.69) is 9.97 Å². The molecule has 0 radical (unpaired) electrons. The molecule has 0 amide bonds. The van der Waals surface area contributed by atoms with E-state index in [1.807, 2.05) is 0 Å². The quantitative estimate of drug-likeness (QED) is 0.791. The number of aryl methyl sites for hydroxylation is 2.